The van der Waals surface area contributed by atoms with Gasteiger partial charge in [-0.25, -0.2) is 4.98 Å². The van der Waals surface area contributed by atoms with E-state index in [1.54, 1.807) is 0 Å². The van der Waals surface area contributed by atoms with Crippen LogP contribution in [0.3, 0.4) is 0 Å². The summed E-state index contributed by atoms with van der Waals surface area (Å²) < 4.78 is 2.77. The third-order valence-electron chi connectivity index (χ3n) is 5.02. The number of amides is 1. The van der Waals surface area contributed by atoms with Gasteiger partial charge in [0.15, 0.2) is 5.65 Å². The van der Waals surface area contributed by atoms with Gasteiger partial charge in [0.25, 0.3) is 5.91 Å². The number of aryl methyl sites for hydroxylation is 3. The highest BCUT2D eigenvalue weighted by molar-refractivity contribution is 9.10. The van der Waals surface area contributed by atoms with Crippen molar-refractivity contribution in [2.45, 2.75) is 41.0 Å². The molecule has 6 heteroatoms. The molecule has 0 radical (unpaired) electrons. The van der Waals surface area contributed by atoms with Crippen LogP contribution in [0, 0.1) is 13.8 Å². The first kappa shape index (κ1) is 20.4. The van der Waals surface area contributed by atoms with Gasteiger partial charge < -0.3 is 10.2 Å². The number of benzene rings is 1. The van der Waals surface area contributed by atoms with Gasteiger partial charge in [0.2, 0.25) is 0 Å². The van der Waals surface area contributed by atoms with Gasteiger partial charge >= 0.3 is 0 Å². The highest BCUT2D eigenvalue weighted by Crippen LogP contribution is 2.26. The molecule has 0 aliphatic rings. The van der Waals surface area contributed by atoms with Crippen molar-refractivity contribution in [1.29, 1.82) is 0 Å². The van der Waals surface area contributed by atoms with Gasteiger partial charge in [-0.2, -0.15) is 0 Å². The maximum absolute atomic E-state index is 13.2. The second kappa shape index (κ2) is 8.35. The fourth-order valence-electron chi connectivity index (χ4n) is 3.52. The fraction of sp³-hybridized carbons (Fsp3) is 0.364. The molecule has 1 N–H and O–H groups in total. The Morgan fingerprint density at radius 3 is 2.50 bits per heavy atom. The smallest absolute Gasteiger partial charge is 0.274 e. The summed E-state index contributed by atoms with van der Waals surface area (Å²) >= 11 is 3.57. The fourth-order valence-corrected chi connectivity index (χ4v) is 4.16. The molecular formula is C22H27BrN4O. The number of anilines is 2. The van der Waals surface area contributed by atoms with Crippen LogP contribution in [0.25, 0.3) is 5.65 Å². The quantitative estimate of drug-likeness (QED) is 0.557. The monoisotopic (exact) mass is 442 g/mol. The number of carbonyl (C=O) groups excluding carboxylic acids is 1. The van der Waals surface area contributed by atoms with Gasteiger partial charge in [-0.1, -0.05) is 6.92 Å². The Hall–Kier alpha value is -2.34. The van der Waals surface area contributed by atoms with E-state index in [4.69, 9.17) is 0 Å². The molecule has 5 nitrogen and oxygen atoms in total. The number of aromatic nitrogens is 2. The largest absolute Gasteiger partial charge is 0.372 e. The van der Waals surface area contributed by atoms with Crippen molar-refractivity contribution in [2.24, 2.45) is 0 Å². The zero-order chi connectivity index (χ0) is 20.4. The van der Waals surface area contributed by atoms with E-state index >= 15 is 0 Å². The normalized spacial score (nSPS) is 11.1. The molecule has 0 spiro atoms. The van der Waals surface area contributed by atoms with Crippen molar-refractivity contribution in [2.75, 3.05) is 23.3 Å². The van der Waals surface area contributed by atoms with E-state index in [1.807, 2.05) is 43.5 Å². The van der Waals surface area contributed by atoms with Crippen LogP contribution in [0.5, 0.6) is 0 Å². The van der Waals surface area contributed by atoms with Gasteiger partial charge in [-0.3, -0.25) is 9.20 Å². The van der Waals surface area contributed by atoms with Crippen molar-refractivity contribution in [3.8, 4) is 0 Å². The minimum absolute atomic E-state index is 0.138. The van der Waals surface area contributed by atoms with E-state index in [0.29, 0.717) is 12.1 Å². The number of hydrogen-bond acceptors (Lipinski definition) is 3. The number of imidazole rings is 1. The number of hydrogen-bond donors (Lipinski definition) is 1. The summed E-state index contributed by atoms with van der Waals surface area (Å²) in [4.78, 5) is 20.1. The van der Waals surface area contributed by atoms with E-state index < -0.39 is 0 Å². The van der Waals surface area contributed by atoms with Crippen LogP contribution >= 0.6 is 15.9 Å². The number of halogens is 1. The lowest BCUT2D eigenvalue weighted by Gasteiger charge is -2.22. The summed E-state index contributed by atoms with van der Waals surface area (Å²) in [5.41, 5.74) is 6.25. The number of rotatable bonds is 6. The van der Waals surface area contributed by atoms with Crippen LogP contribution in [0.1, 0.15) is 48.1 Å². The summed E-state index contributed by atoms with van der Waals surface area (Å²) in [6, 6.07) is 8.18. The summed E-state index contributed by atoms with van der Waals surface area (Å²) in [5.74, 6) is -0.138. The number of nitrogens with zero attached hydrogens (tertiary/aromatic N) is 3. The number of carbonyl (C=O) groups is 1. The highest BCUT2D eigenvalue weighted by atomic mass is 79.9. The predicted molar refractivity (Wildman–Crippen MR) is 120 cm³/mol. The lowest BCUT2D eigenvalue weighted by atomic mass is 10.1. The molecule has 0 aliphatic carbocycles. The van der Waals surface area contributed by atoms with E-state index in [9.17, 15) is 4.79 Å². The molecule has 0 saturated carbocycles. The van der Waals surface area contributed by atoms with Crippen molar-refractivity contribution in [3.63, 3.8) is 0 Å². The number of fused-ring (bicyclic) bond motifs is 1. The van der Waals surface area contributed by atoms with Crippen LogP contribution in [0.2, 0.25) is 0 Å². The molecule has 148 valence electrons. The second-order valence-electron chi connectivity index (χ2n) is 6.95. The molecule has 1 amide bonds. The lowest BCUT2D eigenvalue weighted by Crippen LogP contribution is -2.22. The average Bonchev–Trinajstić information content (AvgIpc) is 3.03. The molecular weight excluding hydrogens is 416 g/mol. The highest BCUT2D eigenvalue weighted by Gasteiger charge is 2.20. The maximum atomic E-state index is 13.2. The Kier molecular flexibility index (Phi) is 6.08. The van der Waals surface area contributed by atoms with Crippen molar-refractivity contribution in [1.82, 2.24) is 9.38 Å². The first-order valence-corrected chi connectivity index (χ1v) is 10.5. The summed E-state index contributed by atoms with van der Waals surface area (Å²) in [5, 5.41) is 3.09. The minimum atomic E-state index is -0.138. The van der Waals surface area contributed by atoms with Crippen LogP contribution in [-0.2, 0) is 6.42 Å². The summed E-state index contributed by atoms with van der Waals surface area (Å²) in [6.07, 6.45) is 2.65. The minimum Gasteiger partial charge on any atom is -0.372 e. The van der Waals surface area contributed by atoms with Crippen molar-refractivity contribution in [3.05, 3.63) is 57.4 Å². The molecule has 0 atom stereocenters. The van der Waals surface area contributed by atoms with Gasteiger partial charge in [0, 0.05) is 30.7 Å². The Morgan fingerprint density at radius 1 is 1.18 bits per heavy atom. The maximum Gasteiger partial charge on any atom is 0.274 e. The van der Waals surface area contributed by atoms with E-state index in [2.05, 4.69) is 57.1 Å². The first-order valence-electron chi connectivity index (χ1n) is 9.73. The van der Waals surface area contributed by atoms with E-state index in [-0.39, 0.29) is 5.91 Å². The standard InChI is InChI=1S/C22H27BrN4O/c1-6-18-20(27-13-14(4)11-17(23)21(27)24-18)22(28)25-19-10-9-16(12-15(19)5)26(7-2)8-3/h9-13H,6-8H2,1-5H3,(H,25,28). The molecule has 28 heavy (non-hydrogen) atoms. The van der Waals surface area contributed by atoms with Crippen molar-refractivity contribution >= 4 is 38.9 Å². The molecule has 0 unspecified atom stereocenters. The SMILES string of the molecule is CCc1nc2c(Br)cc(C)cn2c1C(=O)Nc1ccc(N(CC)CC)cc1C. The first-order chi connectivity index (χ1) is 13.4. The van der Waals surface area contributed by atoms with E-state index in [0.717, 1.165) is 45.7 Å². The zero-order valence-electron chi connectivity index (χ0n) is 17.1. The summed E-state index contributed by atoms with van der Waals surface area (Å²) in [6.45, 7) is 12.3. The molecule has 3 aromatic rings. The van der Waals surface area contributed by atoms with E-state index in [1.165, 1.54) is 5.69 Å². The van der Waals surface area contributed by atoms with Gasteiger partial charge in [0.1, 0.15) is 5.69 Å². The predicted octanol–water partition coefficient (Wildman–Crippen LogP) is 5.37. The third kappa shape index (κ3) is 3.78. The molecule has 0 fully saturated rings. The average molecular weight is 443 g/mol. The third-order valence-corrected chi connectivity index (χ3v) is 5.60. The van der Waals surface area contributed by atoms with Gasteiger partial charge in [-0.05, 0) is 85.4 Å². The molecule has 1 aromatic carbocycles. The molecule has 0 bridgehead atoms. The molecule has 0 saturated heterocycles. The van der Waals surface area contributed by atoms with Crippen LogP contribution in [0.4, 0.5) is 11.4 Å². The zero-order valence-corrected chi connectivity index (χ0v) is 18.7. The lowest BCUT2D eigenvalue weighted by molar-refractivity contribution is 0.102. The van der Waals surface area contributed by atoms with Crippen LogP contribution in [-0.4, -0.2) is 28.4 Å². The molecule has 2 heterocycles. The molecule has 2 aromatic heterocycles. The summed E-state index contributed by atoms with van der Waals surface area (Å²) in [7, 11) is 0. The Bertz CT molecular complexity index is 1020. The Morgan fingerprint density at radius 2 is 1.89 bits per heavy atom. The van der Waals surface area contributed by atoms with Crippen LogP contribution in [0.15, 0.2) is 34.9 Å². The second-order valence-corrected chi connectivity index (χ2v) is 7.80. The van der Waals surface area contributed by atoms with Crippen LogP contribution < -0.4 is 10.2 Å². The number of nitrogens with one attached hydrogen (secondary N) is 1. The van der Waals surface area contributed by atoms with Gasteiger partial charge in [0.05, 0.1) is 10.2 Å². The Balaban J connectivity index is 1.98. The molecule has 3 rings (SSSR count). The Labute approximate surface area is 174 Å². The van der Waals surface area contributed by atoms with Gasteiger partial charge in [-0.15, -0.1) is 0 Å². The van der Waals surface area contributed by atoms with Crippen molar-refractivity contribution < 1.29 is 4.79 Å². The topological polar surface area (TPSA) is 49.6 Å². The molecule has 0 aliphatic heterocycles. The number of pyridine rings is 1.